The minimum absolute atomic E-state index is 0.610. The first kappa shape index (κ1) is 10.0. The maximum atomic E-state index is 10.4. The van der Waals surface area contributed by atoms with Crippen LogP contribution < -0.4 is 0 Å². The first-order valence-electron chi connectivity index (χ1n) is 5.08. The molecule has 1 N–H and O–H groups in total. The van der Waals surface area contributed by atoms with E-state index in [-0.39, 0.29) is 0 Å². The molecule has 0 saturated heterocycles. The average molecular weight is 211 g/mol. The van der Waals surface area contributed by atoms with E-state index >= 15 is 0 Å². The van der Waals surface area contributed by atoms with Crippen molar-refractivity contribution in [1.29, 1.82) is 0 Å². The van der Waals surface area contributed by atoms with Crippen molar-refractivity contribution >= 4 is 11.6 Å². The van der Waals surface area contributed by atoms with Crippen LogP contribution >= 0.6 is 11.6 Å². The summed E-state index contributed by atoms with van der Waals surface area (Å²) in [4.78, 5) is 0. The van der Waals surface area contributed by atoms with Gasteiger partial charge in [-0.2, -0.15) is 0 Å². The van der Waals surface area contributed by atoms with Gasteiger partial charge in [-0.15, -0.1) is 0 Å². The fraction of sp³-hybridized carbons (Fsp3) is 0.500. The van der Waals surface area contributed by atoms with E-state index in [1.807, 2.05) is 24.3 Å². The number of hydrogen-bond donors (Lipinski definition) is 1. The molecule has 76 valence electrons. The van der Waals surface area contributed by atoms with Gasteiger partial charge in [-0.05, 0) is 42.9 Å². The molecule has 1 fully saturated rings. The number of rotatable bonds is 1. The molecular formula is C12H15ClO. The van der Waals surface area contributed by atoms with Crippen molar-refractivity contribution in [3.8, 4) is 0 Å². The van der Waals surface area contributed by atoms with Gasteiger partial charge in [0.15, 0.2) is 0 Å². The Morgan fingerprint density at radius 3 is 2.86 bits per heavy atom. The molecule has 1 aliphatic carbocycles. The van der Waals surface area contributed by atoms with Crippen molar-refractivity contribution in [2.24, 2.45) is 5.92 Å². The van der Waals surface area contributed by atoms with Crippen LogP contribution in [0, 0.1) is 5.92 Å². The molecule has 1 aliphatic rings. The number of hydrogen-bond acceptors (Lipinski definition) is 1. The molecule has 2 rings (SSSR count). The third-order valence-corrected chi connectivity index (χ3v) is 3.33. The average Bonchev–Trinajstić information content (AvgIpc) is 2.48. The Hall–Kier alpha value is -0.530. The van der Waals surface area contributed by atoms with Crippen molar-refractivity contribution < 1.29 is 5.11 Å². The van der Waals surface area contributed by atoms with Gasteiger partial charge in [-0.1, -0.05) is 30.7 Å². The summed E-state index contributed by atoms with van der Waals surface area (Å²) in [5.41, 5.74) is 0.332. The van der Waals surface area contributed by atoms with Crippen LogP contribution in [-0.2, 0) is 5.60 Å². The van der Waals surface area contributed by atoms with Crippen molar-refractivity contribution in [2.75, 3.05) is 0 Å². The second kappa shape index (κ2) is 3.56. The molecule has 0 aromatic heterocycles. The third-order valence-electron chi connectivity index (χ3n) is 3.10. The number of halogens is 1. The zero-order valence-electron chi connectivity index (χ0n) is 8.33. The molecule has 14 heavy (non-hydrogen) atoms. The molecule has 1 saturated carbocycles. The van der Waals surface area contributed by atoms with Crippen LogP contribution in [0.4, 0.5) is 0 Å². The summed E-state index contributed by atoms with van der Waals surface area (Å²) in [5.74, 6) is 0.610. The summed E-state index contributed by atoms with van der Waals surface area (Å²) in [6.07, 6.45) is 2.81. The van der Waals surface area contributed by atoms with E-state index in [0.29, 0.717) is 10.9 Å². The molecule has 0 amide bonds. The molecule has 0 spiro atoms. The normalized spacial score (nSPS) is 32.1. The van der Waals surface area contributed by atoms with Gasteiger partial charge in [-0.25, -0.2) is 0 Å². The summed E-state index contributed by atoms with van der Waals surface area (Å²) in [6.45, 7) is 2.18. The molecule has 1 aromatic rings. The summed E-state index contributed by atoms with van der Waals surface area (Å²) in [5, 5.41) is 11.1. The monoisotopic (exact) mass is 210 g/mol. The first-order chi connectivity index (χ1) is 6.60. The van der Waals surface area contributed by atoms with Crippen molar-refractivity contribution in [3.63, 3.8) is 0 Å². The van der Waals surface area contributed by atoms with Crippen molar-refractivity contribution in [3.05, 3.63) is 34.9 Å². The van der Waals surface area contributed by atoms with Crippen molar-refractivity contribution in [2.45, 2.75) is 31.8 Å². The van der Waals surface area contributed by atoms with Crippen LogP contribution in [0.15, 0.2) is 24.3 Å². The smallest absolute Gasteiger partial charge is 0.0899 e. The van der Waals surface area contributed by atoms with Crippen LogP contribution in [0.25, 0.3) is 0 Å². The largest absolute Gasteiger partial charge is 0.385 e. The molecule has 0 bridgehead atoms. The lowest BCUT2D eigenvalue weighted by atomic mass is 9.91. The fourth-order valence-electron chi connectivity index (χ4n) is 2.31. The SMILES string of the molecule is CC1CCC(O)(c2cccc(Cl)c2)C1. The van der Waals surface area contributed by atoms with Crippen LogP contribution in [0.2, 0.25) is 5.02 Å². The highest BCUT2D eigenvalue weighted by molar-refractivity contribution is 6.30. The molecule has 1 nitrogen and oxygen atoms in total. The lowest BCUT2D eigenvalue weighted by molar-refractivity contribution is 0.0408. The van der Waals surface area contributed by atoms with E-state index in [4.69, 9.17) is 11.6 Å². The van der Waals surface area contributed by atoms with Crippen LogP contribution in [0.1, 0.15) is 31.7 Å². The Balaban J connectivity index is 2.30. The molecule has 2 atom stereocenters. The lowest BCUT2D eigenvalue weighted by Crippen LogP contribution is -2.21. The Morgan fingerprint density at radius 1 is 1.50 bits per heavy atom. The zero-order valence-corrected chi connectivity index (χ0v) is 9.09. The maximum absolute atomic E-state index is 10.4. The highest BCUT2D eigenvalue weighted by Gasteiger charge is 2.36. The summed E-state index contributed by atoms with van der Waals surface area (Å²) < 4.78 is 0. The zero-order chi connectivity index (χ0) is 10.2. The fourth-order valence-corrected chi connectivity index (χ4v) is 2.50. The molecule has 0 aliphatic heterocycles. The van der Waals surface area contributed by atoms with Gasteiger partial charge in [0.25, 0.3) is 0 Å². The van der Waals surface area contributed by atoms with Crippen LogP contribution in [0.5, 0.6) is 0 Å². The Morgan fingerprint density at radius 2 is 2.29 bits per heavy atom. The summed E-state index contributed by atoms with van der Waals surface area (Å²) in [7, 11) is 0. The Labute approximate surface area is 89.7 Å². The third kappa shape index (κ3) is 1.79. The highest BCUT2D eigenvalue weighted by atomic mass is 35.5. The second-order valence-corrected chi connectivity index (χ2v) is 4.83. The van der Waals surface area contributed by atoms with Gasteiger partial charge in [0.05, 0.1) is 5.60 Å². The minimum Gasteiger partial charge on any atom is -0.385 e. The standard InChI is InChI=1S/C12H15ClO/c1-9-5-6-12(14,8-9)10-3-2-4-11(13)7-10/h2-4,7,9,14H,5-6,8H2,1H3. The molecule has 0 heterocycles. The second-order valence-electron chi connectivity index (χ2n) is 4.39. The van der Waals surface area contributed by atoms with Gasteiger partial charge in [0.2, 0.25) is 0 Å². The van der Waals surface area contributed by atoms with Crippen LogP contribution in [0.3, 0.4) is 0 Å². The minimum atomic E-state index is -0.635. The number of aliphatic hydroxyl groups is 1. The van der Waals surface area contributed by atoms with Gasteiger partial charge < -0.3 is 5.11 Å². The molecule has 2 unspecified atom stereocenters. The van der Waals surface area contributed by atoms with E-state index in [0.717, 1.165) is 24.8 Å². The topological polar surface area (TPSA) is 20.2 Å². The Kier molecular flexibility index (Phi) is 2.54. The van der Waals surface area contributed by atoms with E-state index in [2.05, 4.69) is 6.92 Å². The first-order valence-corrected chi connectivity index (χ1v) is 5.46. The summed E-state index contributed by atoms with van der Waals surface area (Å²) >= 11 is 5.91. The maximum Gasteiger partial charge on any atom is 0.0899 e. The Bertz CT molecular complexity index is 337. The molecular weight excluding hydrogens is 196 g/mol. The van der Waals surface area contributed by atoms with E-state index in [1.165, 1.54) is 0 Å². The molecule has 2 heteroatoms. The van der Waals surface area contributed by atoms with E-state index in [9.17, 15) is 5.11 Å². The van der Waals surface area contributed by atoms with Gasteiger partial charge in [-0.3, -0.25) is 0 Å². The van der Waals surface area contributed by atoms with Crippen LogP contribution in [-0.4, -0.2) is 5.11 Å². The lowest BCUT2D eigenvalue weighted by Gasteiger charge is -2.23. The molecule has 0 radical (unpaired) electrons. The predicted molar refractivity (Wildman–Crippen MR) is 58.4 cm³/mol. The van der Waals surface area contributed by atoms with E-state index in [1.54, 1.807) is 0 Å². The quantitative estimate of drug-likeness (QED) is 0.754. The highest BCUT2D eigenvalue weighted by Crippen LogP contribution is 2.42. The molecule has 1 aromatic carbocycles. The predicted octanol–water partition coefficient (Wildman–Crippen LogP) is 3.35. The summed E-state index contributed by atoms with van der Waals surface area (Å²) in [6, 6.07) is 7.58. The van der Waals surface area contributed by atoms with E-state index < -0.39 is 5.60 Å². The van der Waals surface area contributed by atoms with Gasteiger partial charge in [0, 0.05) is 5.02 Å². The number of benzene rings is 1. The van der Waals surface area contributed by atoms with Crippen molar-refractivity contribution in [1.82, 2.24) is 0 Å². The van der Waals surface area contributed by atoms with Gasteiger partial charge >= 0.3 is 0 Å². The van der Waals surface area contributed by atoms with Gasteiger partial charge in [0.1, 0.15) is 0 Å².